The first-order chi connectivity index (χ1) is 12.3. The summed E-state index contributed by atoms with van der Waals surface area (Å²) in [5.74, 6) is 2.05. The van der Waals surface area contributed by atoms with Gasteiger partial charge < -0.3 is 14.6 Å². The molecule has 5 nitrogen and oxygen atoms in total. The maximum Gasteiger partial charge on any atom is 0.160 e. The number of rotatable bonds is 5. The molecule has 1 aliphatic rings. The number of methoxy groups -OCH3 is 1. The van der Waals surface area contributed by atoms with E-state index in [2.05, 4.69) is 33.1 Å². The summed E-state index contributed by atoms with van der Waals surface area (Å²) in [6, 6.07) is 12.8. The summed E-state index contributed by atoms with van der Waals surface area (Å²) in [5.41, 5.74) is 3.34. The van der Waals surface area contributed by atoms with Crippen LogP contribution >= 0.6 is 0 Å². The molecule has 0 radical (unpaired) electrons. The van der Waals surface area contributed by atoms with Crippen LogP contribution in [-0.4, -0.2) is 34.7 Å². The van der Waals surface area contributed by atoms with Crippen molar-refractivity contribution in [2.24, 2.45) is 0 Å². The number of fused-ring (bicyclic) bond motifs is 1. The van der Waals surface area contributed by atoms with Crippen molar-refractivity contribution in [1.29, 1.82) is 0 Å². The molecule has 0 atom stereocenters. The molecule has 3 heterocycles. The molecule has 130 valence electrons. The van der Waals surface area contributed by atoms with E-state index in [0.29, 0.717) is 6.04 Å². The van der Waals surface area contributed by atoms with Gasteiger partial charge >= 0.3 is 0 Å². The Kier molecular flexibility index (Phi) is 4.65. The van der Waals surface area contributed by atoms with Crippen LogP contribution in [0.1, 0.15) is 30.3 Å². The van der Waals surface area contributed by atoms with Gasteiger partial charge in [-0.05, 0) is 62.2 Å². The van der Waals surface area contributed by atoms with Gasteiger partial charge in [0.25, 0.3) is 0 Å². The number of imidazole rings is 1. The van der Waals surface area contributed by atoms with Gasteiger partial charge in [0.05, 0.1) is 7.11 Å². The summed E-state index contributed by atoms with van der Waals surface area (Å²) < 4.78 is 7.63. The summed E-state index contributed by atoms with van der Waals surface area (Å²) in [6.07, 6.45) is 6.04. The number of pyridine rings is 1. The van der Waals surface area contributed by atoms with E-state index >= 15 is 0 Å². The number of nitrogens with one attached hydrogen (secondary N) is 1. The normalized spacial score (nSPS) is 15.6. The zero-order valence-corrected chi connectivity index (χ0v) is 14.6. The van der Waals surface area contributed by atoms with E-state index in [1.807, 2.05) is 24.4 Å². The molecular weight excluding hydrogens is 312 g/mol. The van der Waals surface area contributed by atoms with Gasteiger partial charge in [0, 0.05) is 18.7 Å². The lowest BCUT2D eigenvalue weighted by molar-refractivity contribution is 0.365. The van der Waals surface area contributed by atoms with Gasteiger partial charge in [-0.25, -0.2) is 9.97 Å². The van der Waals surface area contributed by atoms with E-state index in [0.717, 1.165) is 61.5 Å². The van der Waals surface area contributed by atoms with Crippen LogP contribution in [-0.2, 0) is 12.8 Å². The number of nitrogens with zero attached hydrogens (tertiary/aromatic N) is 3. The Labute approximate surface area is 148 Å². The van der Waals surface area contributed by atoms with E-state index in [9.17, 15) is 0 Å². The number of hydrogen-bond donors (Lipinski definition) is 1. The third-order valence-corrected chi connectivity index (χ3v) is 4.99. The maximum absolute atomic E-state index is 5.24. The summed E-state index contributed by atoms with van der Waals surface area (Å²) in [5, 5.41) is 3.45. The van der Waals surface area contributed by atoms with Gasteiger partial charge in [0.2, 0.25) is 0 Å². The third kappa shape index (κ3) is 3.37. The van der Waals surface area contributed by atoms with Crippen LogP contribution in [0, 0.1) is 0 Å². The molecule has 25 heavy (non-hydrogen) atoms. The van der Waals surface area contributed by atoms with Crippen molar-refractivity contribution in [3.05, 3.63) is 54.0 Å². The first kappa shape index (κ1) is 16.1. The number of aromatic nitrogens is 3. The highest BCUT2D eigenvalue weighted by Crippen LogP contribution is 2.26. The van der Waals surface area contributed by atoms with Crippen LogP contribution in [0.2, 0.25) is 0 Å². The molecule has 0 amide bonds. The van der Waals surface area contributed by atoms with Gasteiger partial charge in [-0.3, -0.25) is 0 Å². The summed E-state index contributed by atoms with van der Waals surface area (Å²) >= 11 is 0. The van der Waals surface area contributed by atoms with Gasteiger partial charge in [-0.1, -0.05) is 12.1 Å². The number of benzene rings is 1. The van der Waals surface area contributed by atoms with Crippen molar-refractivity contribution in [2.45, 2.75) is 31.7 Å². The van der Waals surface area contributed by atoms with Crippen LogP contribution in [0.4, 0.5) is 0 Å². The van der Waals surface area contributed by atoms with Crippen LogP contribution in [0.5, 0.6) is 5.75 Å². The molecule has 0 bridgehead atoms. The van der Waals surface area contributed by atoms with Crippen LogP contribution in [0.25, 0.3) is 11.2 Å². The SMILES string of the molecule is COc1ccc(CCc2nc3cccnc3n2C2CCNCC2)cc1. The van der Waals surface area contributed by atoms with E-state index in [-0.39, 0.29) is 0 Å². The molecule has 5 heteroatoms. The highest BCUT2D eigenvalue weighted by atomic mass is 16.5. The van der Waals surface area contributed by atoms with Gasteiger partial charge in [-0.15, -0.1) is 0 Å². The first-order valence-corrected chi connectivity index (χ1v) is 9.00. The second-order valence-electron chi connectivity index (χ2n) is 6.57. The van der Waals surface area contributed by atoms with E-state index in [1.54, 1.807) is 7.11 Å². The highest BCUT2D eigenvalue weighted by molar-refractivity contribution is 5.71. The van der Waals surface area contributed by atoms with Crippen molar-refractivity contribution in [1.82, 2.24) is 19.9 Å². The van der Waals surface area contributed by atoms with Gasteiger partial charge in [0.1, 0.15) is 17.1 Å². The van der Waals surface area contributed by atoms with Gasteiger partial charge in [0.15, 0.2) is 5.65 Å². The largest absolute Gasteiger partial charge is 0.497 e. The molecule has 0 unspecified atom stereocenters. The Morgan fingerprint density at radius 3 is 2.68 bits per heavy atom. The van der Waals surface area contributed by atoms with Crippen molar-refractivity contribution in [3.8, 4) is 5.75 Å². The molecule has 1 aromatic carbocycles. The van der Waals surface area contributed by atoms with Crippen molar-refractivity contribution < 1.29 is 4.74 Å². The first-order valence-electron chi connectivity index (χ1n) is 9.00. The molecule has 0 saturated carbocycles. The molecule has 1 fully saturated rings. The molecule has 4 rings (SSSR count). The summed E-state index contributed by atoms with van der Waals surface area (Å²) in [6.45, 7) is 2.13. The summed E-state index contributed by atoms with van der Waals surface area (Å²) in [7, 11) is 1.70. The molecule has 1 aliphatic heterocycles. The Morgan fingerprint density at radius 2 is 1.92 bits per heavy atom. The topological polar surface area (TPSA) is 52.0 Å². The average molecular weight is 336 g/mol. The number of aryl methyl sites for hydroxylation is 2. The Bertz CT molecular complexity index is 835. The average Bonchev–Trinajstić information content (AvgIpc) is 3.06. The number of hydrogen-bond acceptors (Lipinski definition) is 4. The van der Waals surface area contributed by atoms with Crippen LogP contribution < -0.4 is 10.1 Å². The van der Waals surface area contributed by atoms with Crippen LogP contribution in [0.3, 0.4) is 0 Å². The molecule has 0 aliphatic carbocycles. The van der Waals surface area contributed by atoms with E-state index in [1.165, 1.54) is 5.56 Å². The molecule has 1 N–H and O–H groups in total. The molecule has 1 saturated heterocycles. The highest BCUT2D eigenvalue weighted by Gasteiger charge is 2.21. The molecule has 3 aromatic rings. The standard InChI is InChI=1S/C20H24N4O/c1-25-17-7-4-15(5-8-17)6-9-19-23-18-3-2-12-22-20(18)24(19)16-10-13-21-14-11-16/h2-5,7-8,12,16,21H,6,9-11,13-14H2,1H3. The smallest absolute Gasteiger partial charge is 0.160 e. The van der Waals surface area contributed by atoms with E-state index in [4.69, 9.17) is 9.72 Å². The van der Waals surface area contributed by atoms with Crippen molar-refractivity contribution >= 4 is 11.2 Å². The minimum atomic E-state index is 0.493. The van der Waals surface area contributed by atoms with Crippen molar-refractivity contribution in [3.63, 3.8) is 0 Å². The van der Waals surface area contributed by atoms with E-state index < -0.39 is 0 Å². The lowest BCUT2D eigenvalue weighted by Crippen LogP contribution is -2.30. The second kappa shape index (κ2) is 7.23. The molecular formula is C20H24N4O. The zero-order valence-electron chi connectivity index (χ0n) is 14.6. The third-order valence-electron chi connectivity index (χ3n) is 4.99. The Morgan fingerprint density at radius 1 is 1.12 bits per heavy atom. The minimum absolute atomic E-state index is 0.493. The fourth-order valence-corrected chi connectivity index (χ4v) is 3.65. The Balaban J connectivity index is 1.61. The monoisotopic (exact) mass is 336 g/mol. The zero-order chi connectivity index (χ0) is 17.1. The fraction of sp³-hybridized carbons (Fsp3) is 0.400. The Hall–Kier alpha value is -2.40. The minimum Gasteiger partial charge on any atom is -0.497 e. The van der Waals surface area contributed by atoms with Crippen LogP contribution in [0.15, 0.2) is 42.6 Å². The maximum atomic E-state index is 5.24. The lowest BCUT2D eigenvalue weighted by Gasteiger charge is -2.26. The summed E-state index contributed by atoms with van der Waals surface area (Å²) in [4.78, 5) is 9.51. The molecule has 0 spiro atoms. The van der Waals surface area contributed by atoms with Crippen molar-refractivity contribution in [2.75, 3.05) is 20.2 Å². The van der Waals surface area contributed by atoms with Gasteiger partial charge in [-0.2, -0.15) is 0 Å². The lowest BCUT2D eigenvalue weighted by atomic mass is 10.1. The fourth-order valence-electron chi connectivity index (χ4n) is 3.65. The predicted molar refractivity (Wildman–Crippen MR) is 99.1 cm³/mol. The molecule has 2 aromatic heterocycles. The second-order valence-corrected chi connectivity index (χ2v) is 6.57. The predicted octanol–water partition coefficient (Wildman–Crippen LogP) is 3.15. The number of piperidine rings is 1. The number of ether oxygens (including phenoxy) is 1. The quantitative estimate of drug-likeness (QED) is 0.778.